The van der Waals surface area contributed by atoms with Crippen LogP contribution in [0.15, 0.2) is 78.9 Å². The topological polar surface area (TPSA) is 76.4 Å². The minimum absolute atomic E-state index is 0.0650. The molecule has 3 aromatic carbocycles. The van der Waals surface area contributed by atoms with Crippen molar-refractivity contribution in [2.45, 2.75) is 5.92 Å². The van der Waals surface area contributed by atoms with E-state index in [2.05, 4.69) is 35.0 Å². The molecule has 0 spiro atoms. The molecule has 0 atom stereocenters. The summed E-state index contributed by atoms with van der Waals surface area (Å²) in [4.78, 5) is 12.1. The molecule has 4 rings (SSSR count). The van der Waals surface area contributed by atoms with E-state index in [1.807, 2.05) is 60.7 Å². The number of carbonyl (C=O) groups excluding carboxylic acids is 1. The number of ether oxygens (including phenoxy) is 1. The molecule has 1 amide bonds. The zero-order valence-corrected chi connectivity index (χ0v) is 16.0. The van der Waals surface area contributed by atoms with Crippen LogP contribution in [0, 0.1) is 0 Å². The first-order valence-electron chi connectivity index (χ1n) is 9.58. The highest BCUT2D eigenvalue weighted by atomic mass is 16.5. The molecule has 146 valence electrons. The van der Waals surface area contributed by atoms with Gasteiger partial charge in [0.2, 0.25) is 0 Å². The van der Waals surface area contributed by atoms with Crippen LogP contribution in [0.3, 0.4) is 0 Å². The number of hydrogen-bond acceptors (Lipinski definition) is 4. The minimum atomic E-state index is -0.422. The highest BCUT2D eigenvalue weighted by Gasteiger charge is 2.28. The number of amides is 1. The van der Waals surface area contributed by atoms with Crippen molar-refractivity contribution in [1.82, 2.24) is 5.32 Å². The standard InChI is InChI=1S/C24H23N3O2/c25-27-18-9-5-7-17(15-18)8-6-14-26-24(28)29-16-23-21-12-3-1-10-19(21)20-11-2-4-13-22(20)23/h1-13,15,23,27H,14,16,25H2,(H,26,28). The third kappa shape index (κ3) is 4.15. The fourth-order valence-corrected chi connectivity index (χ4v) is 3.72. The first-order chi connectivity index (χ1) is 14.3. The number of nitrogens with one attached hydrogen (secondary N) is 2. The molecule has 0 saturated heterocycles. The van der Waals surface area contributed by atoms with Crippen molar-refractivity contribution >= 4 is 17.9 Å². The summed E-state index contributed by atoms with van der Waals surface area (Å²) in [6, 6.07) is 24.3. The third-order valence-corrected chi connectivity index (χ3v) is 5.07. The lowest BCUT2D eigenvalue weighted by atomic mass is 9.98. The van der Waals surface area contributed by atoms with Gasteiger partial charge in [0, 0.05) is 18.2 Å². The number of hydrogen-bond donors (Lipinski definition) is 3. The Balaban J connectivity index is 1.32. The summed E-state index contributed by atoms with van der Waals surface area (Å²) in [7, 11) is 0. The quantitative estimate of drug-likeness (QED) is 0.431. The number of alkyl carbamates (subject to hydrolysis) is 1. The van der Waals surface area contributed by atoms with Crippen molar-refractivity contribution in [3.05, 3.63) is 95.6 Å². The number of nitrogen functional groups attached to an aromatic ring is 1. The zero-order valence-electron chi connectivity index (χ0n) is 16.0. The fourth-order valence-electron chi connectivity index (χ4n) is 3.72. The van der Waals surface area contributed by atoms with Crippen LogP contribution < -0.4 is 16.6 Å². The van der Waals surface area contributed by atoms with Gasteiger partial charge in [-0.25, -0.2) is 4.79 Å². The molecule has 4 N–H and O–H groups in total. The SMILES string of the molecule is NNc1cccc(C=CCNC(=O)OCC2c3ccccc3-c3ccccc32)c1. The zero-order chi connectivity index (χ0) is 20.1. The van der Waals surface area contributed by atoms with Gasteiger partial charge in [0.1, 0.15) is 6.61 Å². The fraction of sp³-hybridized carbons (Fsp3) is 0.125. The Morgan fingerprint density at radius 1 is 0.966 bits per heavy atom. The average Bonchev–Trinajstić information content (AvgIpc) is 3.09. The van der Waals surface area contributed by atoms with Gasteiger partial charge >= 0.3 is 6.09 Å². The van der Waals surface area contributed by atoms with Crippen LogP contribution in [-0.4, -0.2) is 19.2 Å². The number of rotatable bonds is 6. The van der Waals surface area contributed by atoms with Gasteiger partial charge in [-0.1, -0.05) is 72.8 Å². The predicted molar refractivity (Wildman–Crippen MR) is 116 cm³/mol. The normalized spacial score (nSPS) is 12.4. The van der Waals surface area contributed by atoms with Crippen molar-refractivity contribution in [1.29, 1.82) is 0 Å². The van der Waals surface area contributed by atoms with E-state index < -0.39 is 6.09 Å². The Hall–Kier alpha value is -3.57. The average molecular weight is 385 g/mol. The smallest absolute Gasteiger partial charge is 0.407 e. The van der Waals surface area contributed by atoms with Crippen molar-refractivity contribution < 1.29 is 9.53 Å². The molecule has 0 fully saturated rings. The van der Waals surface area contributed by atoms with Gasteiger partial charge in [-0.05, 0) is 39.9 Å². The largest absolute Gasteiger partial charge is 0.449 e. The van der Waals surface area contributed by atoms with E-state index >= 15 is 0 Å². The summed E-state index contributed by atoms with van der Waals surface area (Å²) < 4.78 is 5.52. The van der Waals surface area contributed by atoms with Gasteiger partial charge < -0.3 is 15.5 Å². The molecule has 5 nitrogen and oxygen atoms in total. The van der Waals surface area contributed by atoms with Crippen LogP contribution in [0.4, 0.5) is 10.5 Å². The highest BCUT2D eigenvalue weighted by Crippen LogP contribution is 2.44. The van der Waals surface area contributed by atoms with Crippen LogP contribution in [0.1, 0.15) is 22.6 Å². The summed E-state index contributed by atoms with van der Waals surface area (Å²) in [6.07, 6.45) is 3.37. The minimum Gasteiger partial charge on any atom is -0.449 e. The van der Waals surface area contributed by atoms with Crippen LogP contribution in [0.25, 0.3) is 17.2 Å². The molecule has 1 aliphatic rings. The molecule has 0 aliphatic heterocycles. The van der Waals surface area contributed by atoms with E-state index in [-0.39, 0.29) is 5.92 Å². The molecule has 0 aromatic heterocycles. The van der Waals surface area contributed by atoms with Crippen LogP contribution in [0.2, 0.25) is 0 Å². The second-order valence-electron chi connectivity index (χ2n) is 6.88. The van der Waals surface area contributed by atoms with E-state index in [0.29, 0.717) is 13.2 Å². The van der Waals surface area contributed by atoms with Crippen molar-refractivity contribution in [3.63, 3.8) is 0 Å². The molecule has 0 unspecified atom stereocenters. The van der Waals surface area contributed by atoms with Crippen molar-refractivity contribution in [2.24, 2.45) is 5.84 Å². The maximum atomic E-state index is 12.1. The molecule has 5 heteroatoms. The van der Waals surface area contributed by atoms with Gasteiger partial charge in [-0.2, -0.15) is 0 Å². The van der Waals surface area contributed by atoms with Crippen LogP contribution in [-0.2, 0) is 4.74 Å². The molecule has 0 saturated carbocycles. The predicted octanol–water partition coefficient (Wildman–Crippen LogP) is 4.52. The van der Waals surface area contributed by atoms with E-state index in [1.54, 1.807) is 0 Å². The number of anilines is 1. The van der Waals surface area contributed by atoms with Crippen LogP contribution in [0.5, 0.6) is 0 Å². The molecular weight excluding hydrogens is 362 g/mol. The Kier molecular flexibility index (Phi) is 5.59. The maximum Gasteiger partial charge on any atom is 0.407 e. The number of carbonyl (C=O) groups is 1. The summed E-state index contributed by atoms with van der Waals surface area (Å²) in [5.74, 6) is 5.48. The van der Waals surface area contributed by atoms with Gasteiger partial charge in [0.05, 0.1) is 0 Å². The maximum absolute atomic E-state index is 12.1. The van der Waals surface area contributed by atoms with Gasteiger partial charge in [0.25, 0.3) is 0 Å². The van der Waals surface area contributed by atoms with Crippen LogP contribution >= 0.6 is 0 Å². The molecule has 29 heavy (non-hydrogen) atoms. The van der Waals surface area contributed by atoms with Gasteiger partial charge in [-0.3, -0.25) is 5.84 Å². The summed E-state index contributed by atoms with van der Waals surface area (Å²) in [5.41, 5.74) is 9.28. The van der Waals surface area contributed by atoms with E-state index in [9.17, 15) is 4.79 Å². The lowest BCUT2D eigenvalue weighted by Gasteiger charge is -2.14. The van der Waals surface area contributed by atoms with Crippen molar-refractivity contribution in [3.8, 4) is 11.1 Å². The summed E-state index contributed by atoms with van der Waals surface area (Å²) in [5, 5.41) is 2.77. The second kappa shape index (κ2) is 8.63. The molecular formula is C24H23N3O2. The Bertz CT molecular complexity index is 1000. The van der Waals surface area contributed by atoms with E-state index in [0.717, 1.165) is 11.3 Å². The Labute approximate surface area is 170 Å². The lowest BCUT2D eigenvalue weighted by molar-refractivity contribution is 0.144. The number of fused-ring (bicyclic) bond motifs is 3. The molecule has 0 bridgehead atoms. The molecule has 1 aliphatic carbocycles. The first kappa shape index (κ1) is 18.8. The highest BCUT2D eigenvalue weighted by molar-refractivity contribution is 5.79. The second-order valence-corrected chi connectivity index (χ2v) is 6.88. The summed E-state index contributed by atoms with van der Waals surface area (Å²) in [6.45, 7) is 0.699. The van der Waals surface area contributed by atoms with E-state index in [4.69, 9.17) is 10.6 Å². The number of nitrogens with two attached hydrogens (primary N) is 1. The number of hydrazine groups is 1. The van der Waals surface area contributed by atoms with Crippen molar-refractivity contribution in [2.75, 3.05) is 18.6 Å². The van der Waals surface area contributed by atoms with Gasteiger partial charge in [-0.15, -0.1) is 0 Å². The van der Waals surface area contributed by atoms with E-state index in [1.165, 1.54) is 22.3 Å². The number of benzene rings is 3. The third-order valence-electron chi connectivity index (χ3n) is 5.07. The first-order valence-corrected chi connectivity index (χ1v) is 9.58. The monoisotopic (exact) mass is 385 g/mol. The molecule has 0 heterocycles. The molecule has 3 aromatic rings. The summed E-state index contributed by atoms with van der Waals surface area (Å²) >= 11 is 0. The molecule has 0 radical (unpaired) electrons. The van der Waals surface area contributed by atoms with Gasteiger partial charge in [0.15, 0.2) is 0 Å². The lowest BCUT2D eigenvalue weighted by Crippen LogP contribution is -2.26. The Morgan fingerprint density at radius 2 is 1.66 bits per heavy atom. The Morgan fingerprint density at radius 3 is 2.34 bits per heavy atom.